The Hall–Kier alpha value is -3.14. The minimum absolute atomic E-state index is 0.0139. The molecule has 3 aromatic rings. The fourth-order valence-corrected chi connectivity index (χ4v) is 6.53. The predicted octanol–water partition coefficient (Wildman–Crippen LogP) is 5.37. The van der Waals surface area contributed by atoms with Crippen molar-refractivity contribution >= 4 is 31.9 Å². The number of hydrogen-bond donors (Lipinski definition) is 1. The van der Waals surface area contributed by atoms with Gasteiger partial charge in [0.25, 0.3) is 0 Å². The van der Waals surface area contributed by atoms with Gasteiger partial charge >= 0.3 is 5.97 Å². The van der Waals surface area contributed by atoms with E-state index in [0.717, 1.165) is 10.0 Å². The summed E-state index contributed by atoms with van der Waals surface area (Å²) >= 11 is 3.40. The second-order valence-corrected chi connectivity index (χ2v) is 11.2. The lowest BCUT2D eigenvalue weighted by Gasteiger charge is -2.40. The molecule has 2 heterocycles. The number of nitrogens with zero attached hydrogens (tertiary/aromatic N) is 1. The van der Waals surface area contributed by atoms with Crippen molar-refractivity contribution in [2.75, 3.05) is 6.79 Å². The van der Waals surface area contributed by atoms with Crippen LogP contribution in [0.2, 0.25) is 0 Å². The Morgan fingerprint density at radius 3 is 2.31 bits per heavy atom. The van der Waals surface area contributed by atoms with E-state index in [9.17, 15) is 18.3 Å². The predicted molar refractivity (Wildman–Crippen MR) is 133 cm³/mol. The first kappa shape index (κ1) is 23.6. The van der Waals surface area contributed by atoms with Gasteiger partial charge in [0, 0.05) is 4.47 Å². The van der Waals surface area contributed by atoms with Crippen LogP contribution in [0.1, 0.15) is 35.2 Å². The summed E-state index contributed by atoms with van der Waals surface area (Å²) in [7, 11) is -4.12. The van der Waals surface area contributed by atoms with Crippen LogP contribution in [0.5, 0.6) is 11.5 Å². The number of carbonyl (C=O) groups is 1. The Morgan fingerprint density at radius 1 is 0.971 bits per heavy atom. The van der Waals surface area contributed by atoms with Crippen LogP contribution in [0, 0.1) is 6.92 Å². The van der Waals surface area contributed by atoms with E-state index < -0.39 is 28.1 Å². The van der Waals surface area contributed by atoms with Crippen molar-refractivity contribution < 1.29 is 27.8 Å². The van der Waals surface area contributed by atoms with Crippen LogP contribution in [0.4, 0.5) is 0 Å². The molecule has 0 radical (unpaired) electrons. The highest BCUT2D eigenvalue weighted by Crippen LogP contribution is 2.47. The van der Waals surface area contributed by atoms with E-state index in [1.54, 1.807) is 72.8 Å². The summed E-state index contributed by atoms with van der Waals surface area (Å²) in [5, 5.41) is 10.1. The minimum atomic E-state index is -4.12. The summed E-state index contributed by atoms with van der Waals surface area (Å²) in [5.74, 6) is -0.0433. The lowest BCUT2D eigenvalue weighted by molar-refractivity contribution is -0.133. The van der Waals surface area contributed by atoms with Gasteiger partial charge in [-0.15, -0.1) is 0 Å². The molecule has 0 unspecified atom stereocenters. The quantitative estimate of drug-likeness (QED) is 0.454. The van der Waals surface area contributed by atoms with Crippen molar-refractivity contribution in [1.29, 1.82) is 0 Å². The van der Waals surface area contributed by atoms with Crippen molar-refractivity contribution in [3.63, 3.8) is 0 Å². The van der Waals surface area contributed by atoms with E-state index in [0.29, 0.717) is 22.6 Å². The molecule has 0 amide bonds. The maximum Gasteiger partial charge on any atom is 0.333 e. The van der Waals surface area contributed by atoms with Gasteiger partial charge in [0.05, 0.1) is 22.6 Å². The van der Waals surface area contributed by atoms with Crippen molar-refractivity contribution in [2.24, 2.45) is 0 Å². The van der Waals surface area contributed by atoms with Crippen LogP contribution < -0.4 is 9.47 Å². The summed E-state index contributed by atoms with van der Waals surface area (Å²) in [6.45, 7) is 1.97. The van der Waals surface area contributed by atoms with Crippen molar-refractivity contribution in [3.05, 3.63) is 99.5 Å². The van der Waals surface area contributed by atoms with E-state index in [2.05, 4.69) is 15.9 Å². The molecule has 180 valence electrons. The van der Waals surface area contributed by atoms with Gasteiger partial charge in [-0.3, -0.25) is 0 Å². The molecular formula is C26H22BrNO6S. The number of aryl methyl sites for hydroxylation is 1. The molecule has 2 aliphatic rings. The number of rotatable bonds is 5. The van der Waals surface area contributed by atoms with Gasteiger partial charge in [-0.25, -0.2) is 13.2 Å². The maximum absolute atomic E-state index is 14.2. The number of carboxylic acid groups (broad SMARTS) is 1. The van der Waals surface area contributed by atoms with E-state index >= 15 is 0 Å². The Kier molecular flexibility index (Phi) is 6.16. The maximum atomic E-state index is 14.2. The van der Waals surface area contributed by atoms with Crippen LogP contribution in [-0.4, -0.2) is 30.6 Å². The third-order valence-corrected chi connectivity index (χ3v) is 8.64. The number of halogens is 1. The minimum Gasteiger partial charge on any atom is -0.478 e. The molecule has 2 aliphatic heterocycles. The lowest BCUT2D eigenvalue weighted by Crippen LogP contribution is -2.42. The highest BCUT2D eigenvalue weighted by molar-refractivity contribution is 9.10. The van der Waals surface area contributed by atoms with Crippen LogP contribution in [0.15, 0.2) is 87.7 Å². The average molecular weight is 556 g/mol. The molecule has 0 aromatic heterocycles. The van der Waals surface area contributed by atoms with Gasteiger partial charge in [0.1, 0.15) is 0 Å². The largest absolute Gasteiger partial charge is 0.478 e. The van der Waals surface area contributed by atoms with Crippen LogP contribution in [-0.2, 0) is 14.8 Å². The van der Waals surface area contributed by atoms with E-state index in [1.807, 2.05) is 6.92 Å². The lowest BCUT2D eigenvalue weighted by atomic mass is 9.89. The summed E-state index contributed by atoms with van der Waals surface area (Å²) < 4.78 is 41.4. The molecule has 7 nitrogen and oxygen atoms in total. The average Bonchev–Trinajstić information content (AvgIpc) is 3.32. The van der Waals surface area contributed by atoms with Gasteiger partial charge in [-0.2, -0.15) is 4.31 Å². The summed E-state index contributed by atoms with van der Waals surface area (Å²) in [4.78, 5) is 12.4. The van der Waals surface area contributed by atoms with Crippen LogP contribution in [0.25, 0.3) is 0 Å². The van der Waals surface area contributed by atoms with Gasteiger partial charge in [0.2, 0.25) is 16.8 Å². The zero-order chi connectivity index (χ0) is 24.7. The molecular weight excluding hydrogens is 534 g/mol. The Morgan fingerprint density at radius 2 is 1.63 bits per heavy atom. The molecule has 0 saturated heterocycles. The van der Waals surface area contributed by atoms with E-state index in [4.69, 9.17) is 9.47 Å². The molecule has 0 bridgehead atoms. The number of ether oxygens (including phenoxy) is 2. The number of carboxylic acids is 1. The van der Waals surface area contributed by atoms with E-state index in [1.165, 1.54) is 4.31 Å². The SMILES string of the molecule is Cc1ccc(S(=O)(=O)N2[C@@H](c3ccc(Br)cc3)C(C(=O)O)=CC[C@H]2c2ccc3c(c2)OCO3)cc1. The first-order chi connectivity index (χ1) is 16.8. The summed E-state index contributed by atoms with van der Waals surface area (Å²) in [6.07, 6.45) is 1.81. The Labute approximate surface area is 211 Å². The number of sulfonamides is 1. The first-order valence-corrected chi connectivity index (χ1v) is 13.2. The molecule has 2 atom stereocenters. The van der Waals surface area contributed by atoms with Crippen molar-refractivity contribution in [2.45, 2.75) is 30.3 Å². The third-order valence-electron chi connectivity index (χ3n) is 6.23. The monoisotopic (exact) mass is 555 g/mol. The first-order valence-electron chi connectivity index (χ1n) is 10.9. The standard InChI is InChI=1S/C26H22BrNO6S/c1-16-2-9-20(10-3-16)35(31,32)28-22(18-6-13-23-24(14-18)34-15-33-23)12-11-21(26(29)30)25(28)17-4-7-19(27)8-5-17/h2-11,13-14,22,25H,12,15H2,1H3,(H,29,30)/t22-,25-/m0/s1. The third kappa shape index (κ3) is 4.35. The topological polar surface area (TPSA) is 93.1 Å². The molecule has 3 aromatic carbocycles. The molecule has 0 spiro atoms. The fourth-order valence-electron chi connectivity index (χ4n) is 4.49. The second kappa shape index (κ2) is 9.14. The molecule has 35 heavy (non-hydrogen) atoms. The summed E-state index contributed by atoms with van der Waals surface area (Å²) in [6, 6.07) is 17.2. The van der Waals surface area contributed by atoms with Crippen molar-refractivity contribution in [1.82, 2.24) is 4.31 Å². The molecule has 1 N–H and O–H groups in total. The number of fused-ring (bicyclic) bond motifs is 1. The smallest absolute Gasteiger partial charge is 0.333 e. The number of aliphatic carboxylic acids is 1. The van der Waals surface area contributed by atoms with Gasteiger partial charge in [-0.1, -0.05) is 57.9 Å². The second-order valence-electron chi connectivity index (χ2n) is 8.43. The molecule has 9 heteroatoms. The highest BCUT2D eigenvalue weighted by atomic mass is 79.9. The highest BCUT2D eigenvalue weighted by Gasteiger charge is 2.44. The summed E-state index contributed by atoms with van der Waals surface area (Å²) in [5.41, 5.74) is 2.18. The number of hydrogen-bond acceptors (Lipinski definition) is 5. The van der Waals surface area contributed by atoms with Gasteiger partial charge in [0.15, 0.2) is 11.5 Å². The fraction of sp³-hybridized carbons (Fsp3) is 0.192. The van der Waals surface area contributed by atoms with Crippen molar-refractivity contribution in [3.8, 4) is 11.5 Å². The Balaban J connectivity index is 1.72. The van der Waals surface area contributed by atoms with Gasteiger partial charge in [-0.05, 0) is 60.9 Å². The molecule has 5 rings (SSSR count). The Bertz CT molecular complexity index is 1420. The van der Waals surface area contributed by atoms with Crippen LogP contribution >= 0.6 is 15.9 Å². The molecule has 0 aliphatic carbocycles. The normalized spacial score (nSPS) is 19.9. The molecule has 0 fully saturated rings. The number of benzene rings is 3. The van der Waals surface area contributed by atoms with Crippen LogP contribution in [0.3, 0.4) is 0 Å². The zero-order valence-electron chi connectivity index (χ0n) is 18.7. The molecule has 0 saturated carbocycles. The van der Waals surface area contributed by atoms with E-state index in [-0.39, 0.29) is 23.7 Å². The zero-order valence-corrected chi connectivity index (χ0v) is 21.1. The van der Waals surface area contributed by atoms with Gasteiger partial charge < -0.3 is 14.6 Å².